The molecular formula is C25H22F2N2O5S. The van der Waals surface area contributed by atoms with Gasteiger partial charge in [-0.2, -0.15) is 8.78 Å². The van der Waals surface area contributed by atoms with E-state index in [4.69, 9.17) is 9.47 Å². The average molecular weight is 501 g/mol. The monoisotopic (exact) mass is 500 g/mol. The van der Waals surface area contributed by atoms with Crippen LogP contribution in [-0.4, -0.2) is 30.9 Å². The highest BCUT2D eigenvalue weighted by molar-refractivity contribution is 7.07. The number of thiazole rings is 1. The Hall–Kier alpha value is -3.79. The average Bonchev–Trinajstić information content (AvgIpc) is 3.13. The Kier molecular flexibility index (Phi) is 7.11. The number of esters is 1. The summed E-state index contributed by atoms with van der Waals surface area (Å²) >= 11 is 1.16. The van der Waals surface area contributed by atoms with Gasteiger partial charge in [0.25, 0.3) is 5.56 Å². The van der Waals surface area contributed by atoms with Crippen LogP contribution in [0.15, 0.2) is 69.6 Å². The molecule has 1 aliphatic rings. The molecule has 0 amide bonds. The molecule has 182 valence electrons. The molecule has 0 spiro atoms. The van der Waals surface area contributed by atoms with Crippen molar-refractivity contribution in [3.8, 4) is 11.5 Å². The molecule has 10 heteroatoms. The first kappa shape index (κ1) is 24.3. The van der Waals surface area contributed by atoms with Crippen LogP contribution >= 0.6 is 11.3 Å². The Balaban J connectivity index is 1.87. The number of nitrogens with zero attached hydrogens (tertiary/aromatic N) is 2. The van der Waals surface area contributed by atoms with Gasteiger partial charge in [0.1, 0.15) is 0 Å². The largest absolute Gasteiger partial charge is 0.493 e. The molecule has 2 aromatic carbocycles. The van der Waals surface area contributed by atoms with E-state index in [-0.39, 0.29) is 23.7 Å². The molecule has 1 atom stereocenters. The molecule has 3 aromatic rings. The van der Waals surface area contributed by atoms with E-state index in [1.165, 1.54) is 23.8 Å². The molecule has 0 N–H and O–H groups in total. The molecule has 0 fully saturated rings. The number of alkyl halides is 2. The van der Waals surface area contributed by atoms with Gasteiger partial charge in [0.05, 0.1) is 35.6 Å². The normalized spacial score (nSPS) is 15.6. The third-order valence-corrected chi connectivity index (χ3v) is 6.32. The van der Waals surface area contributed by atoms with E-state index in [2.05, 4.69) is 9.73 Å². The van der Waals surface area contributed by atoms with Gasteiger partial charge in [-0.25, -0.2) is 9.79 Å². The number of carbonyl (C=O) groups is 1. The van der Waals surface area contributed by atoms with Gasteiger partial charge in [-0.3, -0.25) is 9.36 Å². The molecule has 7 nitrogen and oxygen atoms in total. The first-order chi connectivity index (χ1) is 16.8. The Bertz CT molecular complexity index is 1460. The lowest BCUT2D eigenvalue weighted by atomic mass is 9.96. The summed E-state index contributed by atoms with van der Waals surface area (Å²) < 4.78 is 42.0. The van der Waals surface area contributed by atoms with Crippen molar-refractivity contribution in [3.05, 3.63) is 90.6 Å². The number of fused-ring (bicyclic) bond motifs is 1. The highest BCUT2D eigenvalue weighted by atomic mass is 32.1. The lowest BCUT2D eigenvalue weighted by Crippen LogP contribution is -2.39. The minimum atomic E-state index is -2.99. The van der Waals surface area contributed by atoms with E-state index in [1.807, 2.05) is 30.3 Å². The quantitative estimate of drug-likeness (QED) is 0.465. The van der Waals surface area contributed by atoms with Crippen LogP contribution in [0.3, 0.4) is 0 Å². The zero-order valence-electron chi connectivity index (χ0n) is 19.2. The maximum atomic E-state index is 13.6. The van der Waals surface area contributed by atoms with Gasteiger partial charge in [0, 0.05) is 0 Å². The Labute approximate surface area is 203 Å². The van der Waals surface area contributed by atoms with Crippen molar-refractivity contribution in [1.29, 1.82) is 0 Å². The number of methoxy groups -OCH3 is 1. The zero-order chi connectivity index (χ0) is 25.1. The second kappa shape index (κ2) is 10.2. The Morgan fingerprint density at radius 2 is 1.94 bits per heavy atom. The van der Waals surface area contributed by atoms with Gasteiger partial charge in [-0.1, -0.05) is 47.7 Å². The predicted molar refractivity (Wildman–Crippen MR) is 126 cm³/mol. The fourth-order valence-corrected chi connectivity index (χ4v) is 4.91. The Morgan fingerprint density at radius 3 is 2.60 bits per heavy atom. The van der Waals surface area contributed by atoms with Gasteiger partial charge in [-0.15, -0.1) is 0 Å². The van der Waals surface area contributed by atoms with Crippen LogP contribution in [0.4, 0.5) is 8.78 Å². The minimum absolute atomic E-state index is 0.106. The minimum Gasteiger partial charge on any atom is -0.493 e. The van der Waals surface area contributed by atoms with Crippen molar-refractivity contribution < 1.29 is 27.8 Å². The maximum absolute atomic E-state index is 13.6. The van der Waals surface area contributed by atoms with Crippen molar-refractivity contribution >= 4 is 23.4 Å². The topological polar surface area (TPSA) is 79.1 Å². The molecule has 2 heterocycles. The molecule has 0 saturated carbocycles. The van der Waals surface area contributed by atoms with Crippen LogP contribution in [0.5, 0.6) is 11.5 Å². The molecule has 0 radical (unpaired) electrons. The highest BCUT2D eigenvalue weighted by Gasteiger charge is 2.33. The summed E-state index contributed by atoms with van der Waals surface area (Å²) in [6.07, 6.45) is 1.62. The molecule has 0 aliphatic carbocycles. The lowest BCUT2D eigenvalue weighted by molar-refractivity contribution is -0.139. The predicted octanol–water partition coefficient (Wildman–Crippen LogP) is 3.41. The molecule has 4 rings (SSSR count). The fourth-order valence-electron chi connectivity index (χ4n) is 3.86. The highest BCUT2D eigenvalue weighted by Crippen LogP contribution is 2.31. The van der Waals surface area contributed by atoms with Gasteiger partial charge < -0.3 is 14.2 Å². The summed E-state index contributed by atoms with van der Waals surface area (Å²) in [4.78, 5) is 31.4. The number of aromatic nitrogens is 1. The van der Waals surface area contributed by atoms with Crippen molar-refractivity contribution in [2.75, 3.05) is 13.7 Å². The molecule has 1 aliphatic heterocycles. The summed E-state index contributed by atoms with van der Waals surface area (Å²) in [6.45, 7) is 0.626. The number of benzene rings is 2. The second-order valence-corrected chi connectivity index (χ2v) is 8.51. The first-order valence-corrected chi connectivity index (χ1v) is 11.5. The smallest absolute Gasteiger partial charge is 0.387 e. The molecule has 0 bridgehead atoms. The van der Waals surface area contributed by atoms with Crippen LogP contribution in [0, 0.1) is 0 Å². The van der Waals surface area contributed by atoms with Gasteiger partial charge in [-0.05, 0) is 43.2 Å². The summed E-state index contributed by atoms with van der Waals surface area (Å²) in [6, 6.07) is 12.9. The molecule has 1 unspecified atom stereocenters. The summed E-state index contributed by atoms with van der Waals surface area (Å²) in [5.74, 6) is -0.537. The van der Waals surface area contributed by atoms with E-state index in [0.29, 0.717) is 26.2 Å². The van der Waals surface area contributed by atoms with Crippen molar-refractivity contribution in [2.45, 2.75) is 26.5 Å². The van der Waals surface area contributed by atoms with E-state index in [0.717, 1.165) is 16.9 Å². The van der Waals surface area contributed by atoms with Crippen molar-refractivity contribution in [1.82, 2.24) is 4.57 Å². The van der Waals surface area contributed by atoms with Gasteiger partial charge >= 0.3 is 12.6 Å². The standard InChI is InChI=1S/C25H22F2N2O5S/c1-4-33-23(31)20-14(2)28-25-29(21(20)16-8-6-5-7-9-16)22(30)19(35-25)13-15-10-11-17(34-24(26)27)18(12-15)32-3/h5-13,21,24H,4H2,1-3H3. The first-order valence-electron chi connectivity index (χ1n) is 10.7. The number of hydrogen-bond donors (Lipinski definition) is 0. The van der Waals surface area contributed by atoms with Crippen LogP contribution in [0.1, 0.15) is 31.0 Å². The summed E-state index contributed by atoms with van der Waals surface area (Å²) in [5.41, 5.74) is 1.72. The number of carbonyl (C=O) groups excluding carboxylic acids is 1. The number of allylic oxidation sites excluding steroid dienone is 1. The zero-order valence-corrected chi connectivity index (χ0v) is 20.0. The van der Waals surface area contributed by atoms with Crippen molar-refractivity contribution in [2.24, 2.45) is 4.99 Å². The summed E-state index contributed by atoms with van der Waals surface area (Å²) in [5, 5.41) is 0. The molecule has 0 saturated heterocycles. The van der Waals surface area contributed by atoms with E-state index >= 15 is 0 Å². The molecular weight excluding hydrogens is 478 g/mol. The lowest BCUT2D eigenvalue weighted by Gasteiger charge is -2.24. The number of rotatable bonds is 7. The fraction of sp³-hybridized carbons (Fsp3) is 0.240. The Morgan fingerprint density at radius 1 is 1.20 bits per heavy atom. The maximum Gasteiger partial charge on any atom is 0.387 e. The molecule has 1 aromatic heterocycles. The van der Waals surface area contributed by atoms with E-state index in [9.17, 15) is 18.4 Å². The second-order valence-electron chi connectivity index (χ2n) is 7.50. The number of ether oxygens (including phenoxy) is 3. The van der Waals surface area contributed by atoms with Crippen LogP contribution in [-0.2, 0) is 9.53 Å². The third kappa shape index (κ3) is 4.88. The SMILES string of the molecule is CCOC(=O)C1=C(C)N=c2sc(=Cc3ccc(OC(F)F)c(OC)c3)c(=O)n2C1c1ccccc1. The van der Waals surface area contributed by atoms with Crippen LogP contribution in [0.2, 0.25) is 0 Å². The third-order valence-electron chi connectivity index (χ3n) is 5.33. The van der Waals surface area contributed by atoms with Gasteiger partial charge in [0.2, 0.25) is 0 Å². The van der Waals surface area contributed by atoms with Crippen LogP contribution in [0.25, 0.3) is 6.08 Å². The van der Waals surface area contributed by atoms with E-state index in [1.54, 1.807) is 26.0 Å². The van der Waals surface area contributed by atoms with E-state index < -0.39 is 18.6 Å². The van der Waals surface area contributed by atoms with Crippen molar-refractivity contribution in [3.63, 3.8) is 0 Å². The van der Waals surface area contributed by atoms with Crippen LogP contribution < -0.4 is 24.4 Å². The number of halogens is 2. The molecule has 35 heavy (non-hydrogen) atoms. The van der Waals surface area contributed by atoms with Gasteiger partial charge in [0.15, 0.2) is 16.3 Å². The summed E-state index contributed by atoms with van der Waals surface area (Å²) in [7, 11) is 1.34. The number of hydrogen-bond acceptors (Lipinski definition) is 7.